The molecule has 94 heavy (non-hydrogen) atoms. The van der Waals surface area contributed by atoms with Crippen LogP contribution >= 0.6 is 23.5 Å². The zero-order chi connectivity index (χ0) is 70.2. The van der Waals surface area contributed by atoms with E-state index in [2.05, 4.69) is 37.2 Å². The molecule has 3 heterocycles. The fraction of sp³-hybridized carbons (Fsp3) is 0.750. The molecule has 0 aliphatic carbocycles. The van der Waals surface area contributed by atoms with E-state index in [-0.39, 0.29) is 114 Å². The first-order chi connectivity index (χ1) is 44.4. The Kier molecular flexibility index (Phi) is 37.3. The number of nitrogens with zero attached hydrogens (tertiary/aromatic N) is 3. The minimum absolute atomic E-state index is 0.00392. The lowest BCUT2D eigenvalue weighted by molar-refractivity contribution is -0.141. The van der Waals surface area contributed by atoms with Crippen molar-refractivity contribution in [2.45, 2.75) is 201 Å². The molecule has 0 spiro atoms. The number of rotatable bonds is 44. The largest absolute Gasteiger partial charge is 0.394 e. The molecule has 2 saturated heterocycles. The van der Waals surface area contributed by atoms with E-state index in [4.69, 9.17) is 26.7 Å². The SMILES string of the molecule is CC[C@H](C)[C@H](NC(=O)[C@H](CC(C)C)NC(=O)C1(NC(=O)CCSCc2cccc(CSCCC(=O)NC3CCN(CC(=O)N[C@H](CCC(=O)NC[C@H](O)[C@@H](O)[C@H](O)[C@H](O)CO)C(N)=O)CC3)n2)CCN(C(=O)CCCC(=O)NC[C@H](O)[C@@H](O)[C@H](O)[C@H](O)CO)CC1)C(N)=O. The molecule has 34 heteroatoms. The highest BCUT2D eigenvalue weighted by Gasteiger charge is 2.45. The first-order valence-electron chi connectivity index (χ1n) is 31.8. The number of hydrogen-bond donors (Lipinski definition) is 19. The summed E-state index contributed by atoms with van der Waals surface area (Å²) in [5, 5.41) is 115. The van der Waals surface area contributed by atoms with Gasteiger partial charge in [0.1, 0.15) is 60.3 Å². The van der Waals surface area contributed by atoms with Gasteiger partial charge in [-0.1, -0.05) is 40.2 Å². The molecular weight excluding hydrogens is 1270 g/mol. The van der Waals surface area contributed by atoms with Gasteiger partial charge in [0.05, 0.1) is 43.4 Å². The number of aliphatic hydroxyl groups excluding tert-OH is 10. The van der Waals surface area contributed by atoms with Gasteiger partial charge < -0.3 is 105 Å². The number of hydrogen-bond acceptors (Lipinski definition) is 24. The third-order valence-corrected chi connectivity index (χ3v) is 18.3. The molecule has 0 bridgehead atoms. The summed E-state index contributed by atoms with van der Waals surface area (Å²) >= 11 is 2.98. The van der Waals surface area contributed by atoms with Crippen LogP contribution in [0.4, 0.5) is 0 Å². The number of amides is 10. The van der Waals surface area contributed by atoms with Crippen molar-refractivity contribution in [2.24, 2.45) is 23.3 Å². The molecule has 12 atom stereocenters. The predicted octanol–water partition coefficient (Wildman–Crippen LogP) is -6.04. The van der Waals surface area contributed by atoms with Crippen molar-refractivity contribution in [3.63, 3.8) is 0 Å². The van der Waals surface area contributed by atoms with E-state index in [1.807, 2.05) is 43.9 Å². The number of primary amides is 2. The predicted molar refractivity (Wildman–Crippen MR) is 345 cm³/mol. The Balaban J connectivity index is 1.48. The zero-order valence-electron chi connectivity index (χ0n) is 54.1. The normalized spacial score (nSPS) is 18.3. The maximum absolute atomic E-state index is 14.5. The fourth-order valence-corrected chi connectivity index (χ4v) is 12.0. The molecule has 2 fully saturated rings. The maximum atomic E-state index is 14.5. The van der Waals surface area contributed by atoms with Crippen molar-refractivity contribution < 1.29 is 99.0 Å². The second-order valence-electron chi connectivity index (χ2n) is 24.4. The Morgan fingerprint density at radius 3 is 1.65 bits per heavy atom. The van der Waals surface area contributed by atoms with Crippen molar-refractivity contribution in [2.75, 3.05) is 70.5 Å². The number of nitrogens with two attached hydrogens (primary N) is 2. The number of carbonyl (C=O) groups is 10. The van der Waals surface area contributed by atoms with E-state index in [9.17, 15) is 88.8 Å². The average Bonchev–Trinajstić information content (AvgIpc) is 0.812. The van der Waals surface area contributed by atoms with Crippen molar-refractivity contribution in [1.82, 2.24) is 52.0 Å². The topological polar surface area (TPSA) is 529 Å². The molecule has 32 nitrogen and oxygen atoms in total. The molecule has 3 rings (SSSR count). The van der Waals surface area contributed by atoms with Gasteiger partial charge in [-0.3, -0.25) is 57.8 Å². The minimum atomic E-state index is -1.88. The van der Waals surface area contributed by atoms with E-state index in [0.717, 1.165) is 11.4 Å². The molecule has 0 radical (unpaired) electrons. The van der Waals surface area contributed by atoms with E-state index in [1.165, 1.54) is 28.4 Å². The summed E-state index contributed by atoms with van der Waals surface area (Å²) in [5.74, 6) is -4.10. The Bertz CT molecular complexity index is 2590. The van der Waals surface area contributed by atoms with Crippen LogP contribution in [0.3, 0.4) is 0 Å². The van der Waals surface area contributed by atoms with Gasteiger partial charge in [0.2, 0.25) is 59.1 Å². The van der Waals surface area contributed by atoms with Crippen molar-refractivity contribution in [3.05, 3.63) is 29.6 Å². The second kappa shape index (κ2) is 42.6. The Morgan fingerprint density at radius 1 is 0.628 bits per heavy atom. The van der Waals surface area contributed by atoms with E-state index in [1.54, 1.807) is 6.92 Å². The molecule has 21 N–H and O–H groups in total. The lowest BCUT2D eigenvalue weighted by atomic mass is 9.85. The lowest BCUT2D eigenvalue weighted by Crippen LogP contribution is -2.66. The van der Waals surface area contributed by atoms with Crippen LogP contribution < -0.4 is 48.7 Å². The van der Waals surface area contributed by atoms with E-state index < -0.39 is 146 Å². The number of carbonyl (C=O) groups excluding carboxylic acids is 10. The molecule has 534 valence electrons. The quantitative estimate of drug-likeness (QED) is 0.0270. The fourth-order valence-electron chi connectivity index (χ4n) is 10.3. The van der Waals surface area contributed by atoms with Gasteiger partial charge in [0.25, 0.3) is 0 Å². The first-order valence-corrected chi connectivity index (χ1v) is 34.1. The zero-order valence-corrected chi connectivity index (χ0v) is 55.7. The summed E-state index contributed by atoms with van der Waals surface area (Å²) in [6.45, 7) is 5.53. The van der Waals surface area contributed by atoms with Crippen LogP contribution in [0.5, 0.6) is 0 Å². The van der Waals surface area contributed by atoms with Crippen molar-refractivity contribution in [1.29, 1.82) is 0 Å². The molecule has 0 unspecified atom stereocenters. The lowest BCUT2D eigenvalue weighted by Gasteiger charge is -2.42. The average molecular weight is 1380 g/mol. The van der Waals surface area contributed by atoms with Crippen LogP contribution in [0.2, 0.25) is 0 Å². The van der Waals surface area contributed by atoms with E-state index in [0.29, 0.717) is 55.4 Å². The second-order valence-corrected chi connectivity index (χ2v) is 26.6. The van der Waals surface area contributed by atoms with Gasteiger partial charge in [-0.15, -0.1) is 0 Å². The summed E-state index contributed by atoms with van der Waals surface area (Å²) in [7, 11) is 0. The third-order valence-electron chi connectivity index (χ3n) is 16.4. The minimum Gasteiger partial charge on any atom is -0.394 e. The number of likely N-dealkylation sites (tertiary alicyclic amines) is 2. The molecule has 1 aromatic rings. The highest BCUT2D eigenvalue weighted by molar-refractivity contribution is 7.98. The highest BCUT2D eigenvalue weighted by Crippen LogP contribution is 2.26. The Labute approximate surface area is 556 Å². The van der Waals surface area contributed by atoms with Crippen molar-refractivity contribution in [3.8, 4) is 0 Å². The summed E-state index contributed by atoms with van der Waals surface area (Å²) in [6.07, 6.45) is -12.8. The number of pyridine rings is 1. The number of aromatic nitrogens is 1. The molecule has 2 aliphatic rings. The number of nitrogens with one attached hydrogen (secondary N) is 7. The molecular formula is C60H102N12O20S2. The molecule has 2 aliphatic heterocycles. The van der Waals surface area contributed by atoms with Crippen molar-refractivity contribution >= 4 is 82.6 Å². The molecule has 0 saturated carbocycles. The monoisotopic (exact) mass is 1370 g/mol. The number of thioether (sulfide) groups is 2. The number of aliphatic hydroxyl groups is 10. The van der Waals surface area contributed by atoms with Gasteiger partial charge in [-0.2, -0.15) is 23.5 Å². The van der Waals surface area contributed by atoms with Gasteiger partial charge in [-0.05, 0) is 68.9 Å². The molecule has 0 aromatic carbocycles. The van der Waals surface area contributed by atoms with Crippen LogP contribution in [0.25, 0.3) is 0 Å². The molecule has 1 aromatic heterocycles. The van der Waals surface area contributed by atoms with Gasteiger partial charge >= 0.3 is 0 Å². The smallest absolute Gasteiger partial charge is 0.246 e. The van der Waals surface area contributed by atoms with E-state index >= 15 is 0 Å². The Hall–Kier alpha value is -5.89. The van der Waals surface area contributed by atoms with Crippen LogP contribution in [-0.2, 0) is 59.5 Å². The number of piperidine rings is 2. The van der Waals surface area contributed by atoms with Crippen LogP contribution in [0, 0.1) is 11.8 Å². The first kappa shape index (κ1) is 82.3. The van der Waals surface area contributed by atoms with Crippen LogP contribution in [0.15, 0.2) is 18.2 Å². The van der Waals surface area contributed by atoms with Gasteiger partial charge in [0.15, 0.2) is 0 Å². The maximum Gasteiger partial charge on any atom is 0.246 e. The van der Waals surface area contributed by atoms with Gasteiger partial charge in [0, 0.05) is 100 Å². The third kappa shape index (κ3) is 29.2. The van der Waals surface area contributed by atoms with Crippen LogP contribution in [0.1, 0.15) is 123 Å². The standard InChI is InChI=1S/C60H102N12O20S2/c1-5-35(4)51(57(62)90)69-58(91)40(26-34(2)3)68-59(92)60(18-22-72(23-19-60)50(84)11-7-10-45(79)63-27-41(75)52(85)54(87)43(77)30-73)70-48(82)17-25-94-33-38-9-6-8-37(65-38)32-93-24-16-47(81)66-36-14-20-71(21-15-36)29-49(83)67-39(56(61)89)12-13-46(80)64-28-42(76)53(86)55(88)44(78)31-74/h6,8-9,34-36,39-44,51-55,73-78,85-88H,5,7,10-33H2,1-4H3,(H2,61,89)(H2,62,90)(H,63,79)(H,64,80)(H,66,81)(H,67,83)(H,68,92)(H,69,91)(H,70,82)/t35-,39+,40-,41-,42-,43+,44+,51-,52+,53+,54+,55+/m0/s1. The highest BCUT2D eigenvalue weighted by atomic mass is 32.2. The van der Waals surface area contributed by atoms with Crippen LogP contribution in [-0.4, -0.2) is 274 Å². The molecule has 10 amide bonds. The summed E-state index contributed by atoms with van der Waals surface area (Å²) in [4.78, 5) is 139. The summed E-state index contributed by atoms with van der Waals surface area (Å²) in [5.41, 5.74) is 11.1. The van der Waals surface area contributed by atoms with Gasteiger partial charge in [-0.25, -0.2) is 0 Å². The summed E-state index contributed by atoms with van der Waals surface area (Å²) < 4.78 is 0. The summed E-state index contributed by atoms with van der Waals surface area (Å²) in [6, 6.07) is 2.17. The Morgan fingerprint density at radius 2 is 1.15 bits per heavy atom.